The van der Waals surface area contributed by atoms with Crippen LogP contribution < -0.4 is 0 Å². The molecule has 0 spiro atoms. The average molecular weight is 314 g/mol. The second-order valence-electron chi connectivity index (χ2n) is 6.66. The van der Waals surface area contributed by atoms with Gasteiger partial charge in [-0.1, -0.05) is 20.3 Å². The van der Waals surface area contributed by atoms with Gasteiger partial charge in [-0.3, -0.25) is 9.69 Å². The van der Waals surface area contributed by atoms with Crippen molar-refractivity contribution >= 4 is 18.0 Å². The number of carboxylic acid groups (broad SMARTS) is 1. The van der Waals surface area contributed by atoms with Crippen LogP contribution in [0.3, 0.4) is 0 Å². The van der Waals surface area contributed by atoms with Crippen molar-refractivity contribution in [3.05, 3.63) is 0 Å². The lowest BCUT2D eigenvalue weighted by atomic mass is 9.97. The van der Waals surface area contributed by atoms with Gasteiger partial charge in [0.2, 0.25) is 5.91 Å². The number of aliphatic carboxylic acids is 1. The largest absolute Gasteiger partial charge is 0.480 e. The van der Waals surface area contributed by atoms with E-state index in [9.17, 15) is 19.5 Å². The van der Waals surface area contributed by atoms with Crippen molar-refractivity contribution in [2.24, 2.45) is 5.92 Å². The van der Waals surface area contributed by atoms with Crippen molar-refractivity contribution in [3.63, 3.8) is 0 Å². The molecular formula is C15H26N2O5. The fourth-order valence-electron chi connectivity index (χ4n) is 2.37. The van der Waals surface area contributed by atoms with Gasteiger partial charge >= 0.3 is 12.1 Å². The first kappa shape index (κ1) is 18.3. The molecule has 7 heteroatoms. The highest BCUT2D eigenvalue weighted by Gasteiger charge is 2.38. The zero-order valence-electron chi connectivity index (χ0n) is 14.0. The SMILES string of the molecule is CC[C@H](C)[C@@H](C(=O)O)N1CCN(C(=O)OC(C)(C)C)CC1=O. The molecule has 1 aliphatic rings. The summed E-state index contributed by atoms with van der Waals surface area (Å²) in [5, 5.41) is 9.37. The second kappa shape index (κ2) is 6.98. The molecule has 0 bridgehead atoms. The molecule has 7 nitrogen and oxygen atoms in total. The standard InChI is InChI=1S/C15H26N2O5/c1-6-10(2)12(13(19)20)17-8-7-16(9-11(17)18)14(21)22-15(3,4)5/h10,12H,6-9H2,1-5H3,(H,19,20)/t10-,12-/m0/s1. The van der Waals surface area contributed by atoms with Gasteiger partial charge in [-0.05, 0) is 26.7 Å². The Kier molecular flexibility index (Phi) is 5.79. The van der Waals surface area contributed by atoms with Crippen molar-refractivity contribution in [3.8, 4) is 0 Å². The molecule has 0 unspecified atom stereocenters. The highest BCUT2D eigenvalue weighted by atomic mass is 16.6. The van der Waals surface area contributed by atoms with E-state index >= 15 is 0 Å². The molecule has 0 aromatic rings. The average Bonchev–Trinajstić information content (AvgIpc) is 2.38. The predicted molar refractivity (Wildman–Crippen MR) is 80.4 cm³/mol. The summed E-state index contributed by atoms with van der Waals surface area (Å²) in [5.74, 6) is -1.51. The molecule has 2 amide bonds. The third kappa shape index (κ3) is 4.61. The molecule has 0 saturated carbocycles. The van der Waals surface area contributed by atoms with Gasteiger partial charge in [0.1, 0.15) is 18.2 Å². The fraction of sp³-hybridized carbons (Fsp3) is 0.800. The van der Waals surface area contributed by atoms with Crippen LogP contribution in [0.2, 0.25) is 0 Å². The van der Waals surface area contributed by atoms with Crippen molar-refractivity contribution in [2.75, 3.05) is 19.6 Å². The monoisotopic (exact) mass is 314 g/mol. The molecule has 1 N–H and O–H groups in total. The van der Waals surface area contributed by atoms with E-state index in [2.05, 4.69) is 0 Å². The Morgan fingerprint density at radius 2 is 1.91 bits per heavy atom. The summed E-state index contributed by atoms with van der Waals surface area (Å²) < 4.78 is 5.24. The lowest BCUT2D eigenvalue weighted by Gasteiger charge is -2.39. The number of carbonyl (C=O) groups is 3. The van der Waals surface area contributed by atoms with Gasteiger partial charge in [0, 0.05) is 13.1 Å². The highest BCUT2D eigenvalue weighted by Crippen LogP contribution is 2.19. The molecule has 0 radical (unpaired) electrons. The number of carbonyl (C=O) groups excluding carboxylic acids is 2. The van der Waals surface area contributed by atoms with Crippen LogP contribution in [0.1, 0.15) is 41.0 Å². The van der Waals surface area contributed by atoms with E-state index in [1.165, 1.54) is 9.80 Å². The molecule has 126 valence electrons. The molecule has 0 aromatic carbocycles. The number of amides is 2. The zero-order valence-corrected chi connectivity index (χ0v) is 14.0. The number of piperazine rings is 1. The molecule has 0 aromatic heterocycles. The van der Waals surface area contributed by atoms with Crippen molar-refractivity contribution in [1.29, 1.82) is 0 Å². The van der Waals surface area contributed by atoms with Gasteiger partial charge < -0.3 is 14.7 Å². The van der Waals surface area contributed by atoms with Crippen LogP contribution in [0, 0.1) is 5.92 Å². The van der Waals surface area contributed by atoms with Crippen LogP contribution in [0.15, 0.2) is 0 Å². The Bertz CT molecular complexity index is 444. The Labute approximate surface area is 131 Å². The number of rotatable bonds is 4. The Balaban J connectivity index is 2.75. The number of hydrogen-bond donors (Lipinski definition) is 1. The van der Waals surface area contributed by atoms with Crippen LogP contribution in [0.5, 0.6) is 0 Å². The topological polar surface area (TPSA) is 87.2 Å². The van der Waals surface area contributed by atoms with Crippen LogP contribution in [-0.4, -0.2) is 64.2 Å². The lowest BCUT2D eigenvalue weighted by molar-refractivity contribution is -0.155. The second-order valence-corrected chi connectivity index (χ2v) is 6.66. The molecule has 1 fully saturated rings. The maximum Gasteiger partial charge on any atom is 0.410 e. The maximum absolute atomic E-state index is 12.3. The molecule has 2 atom stereocenters. The van der Waals surface area contributed by atoms with Crippen LogP contribution in [0.4, 0.5) is 4.79 Å². The third-order valence-electron chi connectivity index (χ3n) is 3.68. The quantitative estimate of drug-likeness (QED) is 0.851. The van der Waals surface area contributed by atoms with E-state index < -0.39 is 23.7 Å². The Morgan fingerprint density at radius 3 is 2.32 bits per heavy atom. The van der Waals surface area contributed by atoms with Crippen LogP contribution >= 0.6 is 0 Å². The molecule has 1 saturated heterocycles. The van der Waals surface area contributed by atoms with Gasteiger partial charge in [-0.2, -0.15) is 0 Å². The summed E-state index contributed by atoms with van der Waals surface area (Å²) in [4.78, 5) is 38.4. The minimum absolute atomic E-state index is 0.144. The van der Waals surface area contributed by atoms with Gasteiger partial charge in [0.25, 0.3) is 0 Å². The third-order valence-corrected chi connectivity index (χ3v) is 3.68. The number of nitrogens with zero attached hydrogens (tertiary/aromatic N) is 2. The minimum atomic E-state index is -1.01. The van der Waals surface area contributed by atoms with Gasteiger partial charge in [-0.25, -0.2) is 9.59 Å². The molecule has 1 aliphatic heterocycles. The lowest BCUT2D eigenvalue weighted by Crippen LogP contribution is -2.59. The van der Waals surface area contributed by atoms with E-state index in [1.54, 1.807) is 20.8 Å². The van der Waals surface area contributed by atoms with E-state index in [1.807, 2.05) is 13.8 Å². The highest BCUT2D eigenvalue weighted by molar-refractivity contribution is 5.88. The smallest absolute Gasteiger partial charge is 0.410 e. The molecule has 22 heavy (non-hydrogen) atoms. The number of carboxylic acids is 1. The first-order valence-corrected chi connectivity index (χ1v) is 7.57. The minimum Gasteiger partial charge on any atom is -0.480 e. The van der Waals surface area contributed by atoms with E-state index in [4.69, 9.17) is 4.74 Å². The molecular weight excluding hydrogens is 288 g/mol. The van der Waals surface area contributed by atoms with Gasteiger partial charge in [-0.15, -0.1) is 0 Å². The van der Waals surface area contributed by atoms with Gasteiger partial charge in [0.15, 0.2) is 0 Å². The number of hydrogen-bond acceptors (Lipinski definition) is 4. The van der Waals surface area contributed by atoms with Crippen molar-refractivity contribution < 1.29 is 24.2 Å². The van der Waals surface area contributed by atoms with Crippen molar-refractivity contribution in [2.45, 2.75) is 52.7 Å². The summed E-state index contributed by atoms with van der Waals surface area (Å²) in [6, 6.07) is -0.849. The number of ether oxygens (including phenoxy) is 1. The predicted octanol–water partition coefficient (Wildman–Crippen LogP) is 1.56. The molecule has 1 rings (SSSR count). The van der Waals surface area contributed by atoms with Crippen LogP contribution in [0.25, 0.3) is 0 Å². The first-order chi connectivity index (χ1) is 10.1. The first-order valence-electron chi connectivity index (χ1n) is 7.57. The Morgan fingerprint density at radius 1 is 1.32 bits per heavy atom. The van der Waals surface area contributed by atoms with Crippen molar-refractivity contribution in [1.82, 2.24) is 9.80 Å². The summed E-state index contributed by atoms with van der Waals surface area (Å²) in [6.45, 7) is 9.31. The fourth-order valence-corrected chi connectivity index (χ4v) is 2.37. The Hall–Kier alpha value is -1.79. The van der Waals surface area contributed by atoms with E-state index in [-0.39, 0.29) is 31.5 Å². The summed E-state index contributed by atoms with van der Waals surface area (Å²) in [5.41, 5.74) is -0.627. The molecule has 0 aliphatic carbocycles. The van der Waals surface area contributed by atoms with E-state index in [0.717, 1.165) is 0 Å². The maximum atomic E-state index is 12.3. The summed E-state index contributed by atoms with van der Waals surface area (Å²) in [6.07, 6.45) is 0.118. The summed E-state index contributed by atoms with van der Waals surface area (Å²) in [7, 11) is 0. The van der Waals surface area contributed by atoms with E-state index in [0.29, 0.717) is 6.42 Å². The zero-order chi connectivity index (χ0) is 17.1. The summed E-state index contributed by atoms with van der Waals surface area (Å²) >= 11 is 0. The van der Waals surface area contributed by atoms with Gasteiger partial charge in [0.05, 0.1) is 0 Å². The normalized spacial score (nSPS) is 18.9. The van der Waals surface area contributed by atoms with Crippen LogP contribution in [-0.2, 0) is 14.3 Å². The molecule has 1 heterocycles.